The molecule has 0 bridgehead atoms. The summed E-state index contributed by atoms with van der Waals surface area (Å²) in [4.78, 5) is 12.7. The third kappa shape index (κ3) is 2.24. The van der Waals surface area contributed by atoms with E-state index in [1.807, 2.05) is 6.07 Å². The first-order valence-electron chi connectivity index (χ1n) is 7.31. The monoisotopic (exact) mass is 286 g/mol. The van der Waals surface area contributed by atoms with Gasteiger partial charge in [0.15, 0.2) is 0 Å². The van der Waals surface area contributed by atoms with Crippen LogP contribution in [-0.4, -0.2) is 30.6 Å². The summed E-state index contributed by atoms with van der Waals surface area (Å²) in [6.07, 6.45) is 1.04. The zero-order valence-electron chi connectivity index (χ0n) is 12.0. The van der Waals surface area contributed by atoms with Crippen molar-refractivity contribution >= 4 is 11.4 Å². The first-order valence-corrected chi connectivity index (χ1v) is 7.31. The van der Waals surface area contributed by atoms with Crippen molar-refractivity contribution in [3.8, 4) is 6.07 Å². The Kier molecular flexibility index (Phi) is 3.52. The normalized spacial score (nSPS) is 27.4. The zero-order chi connectivity index (χ0) is 15.0. The second kappa shape index (κ2) is 5.34. The molecule has 2 fully saturated rings. The number of rotatable bonds is 3. The van der Waals surface area contributed by atoms with Crippen molar-refractivity contribution in [3.05, 3.63) is 33.9 Å². The number of nitro groups is 1. The van der Waals surface area contributed by atoms with Gasteiger partial charge in [0.25, 0.3) is 5.69 Å². The molecular formula is C15H18N4O2. The SMILES string of the molecule is CCC1C2CNCC2CN1c1ccc([N+](=O)[O-])c(C#N)c1. The van der Waals surface area contributed by atoms with Gasteiger partial charge in [-0.3, -0.25) is 10.1 Å². The second-order valence-electron chi connectivity index (χ2n) is 5.78. The fourth-order valence-electron chi connectivity index (χ4n) is 3.79. The maximum absolute atomic E-state index is 10.9. The van der Waals surface area contributed by atoms with Crippen LogP contribution in [0.2, 0.25) is 0 Å². The molecule has 0 aliphatic carbocycles. The summed E-state index contributed by atoms with van der Waals surface area (Å²) in [5.74, 6) is 1.27. The Bertz CT molecular complexity index is 610. The number of benzene rings is 1. The standard InChI is InChI=1S/C15H18N4O2/c1-2-14-13-8-17-7-11(13)9-18(14)12-3-4-15(19(20)21)10(5-12)6-16/h3-5,11,13-14,17H,2,7-9H2,1H3. The Labute approximate surface area is 123 Å². The van der Waals surface area contributed by atoms with Crippen LogP contribution in [0.5, 0.6) is 0 Å². The highest BCUT2D eigenvalue weighted by atomic mass is 16.6. The van der Waals surface area contributed by atoms with Crippen LogP contribution < -0.4 is 10.2 Å². The van der Waals surface area contributed by atoms with Crippen LogP contribution in [0.15, 0.2) is 18.2 Å². The van der Waals surface area contributed by atoms with Crippen molar-refractivity contribution in [3.63, 3.8) is 0 Å². The van der Waals surface area contributed by atoms with Crippen molar-refractivity contribution in [1.29, 1.82) is 5.26 Å². The minimum Gasteiger partial charge on any atom is -0.368 e. The molecule has 2 aliphatic heterocycles. The van der Waals surface area contributed by atoms with Gasteiger partial charge in [0, 0.05) is 37.4 Å². The lowest BCUT2D eigenvalue weighted by molar-refractivity contribution is -0.385. The molecule has 6 nitrogen and oxygen atoms in total. The van der Waals surface area contributed by atoms with Gasteiger partial charge in [0.1, 0.15) is 11.6 Å². The Balaban J connectivity index is 1.94. The highest BCUT2D eigenvalue weighted by molar-refractivity contribution is 5.61. The van der Waals surface area contributed by atoms with E-state index in [1.54, 1.807) is 12.1 Å². The van der Waals surface area contributed by atoms with Crippen LogP contribution in [0, 0.1) is 33.3 Å². The smallest absolute Gasteiger partial charge is 0.287 e. The van der Waals surface area contributed by atoms with Crippen LogP contribution in [0.3, 0.4) is 0 Å². The van der Waals surface area contributed by atoms with E-state index < -0.39 is 4.92 Å². The molecule has 0 radical (unpaired) electrons. The molecule has 1 aromatic rings. The van der Waals surface area contributed by atoms with Gasteiger partial charge in [-0.05, 0) is 30.4 Å². The zero-order valence-corrected chi connectivity index (χ0v) is 12.0. The third-order valence-corrected chi connectivity index (χ3v) is 4.77. The van der Waals surface area contributed by atoms with E-state index in [0.717, 1.165) is 31.7 Å². The van der Waals surface area contributed by atoms with E-state index in [-0.39, 0.29) is 11.3 Å². The summed E-state index contributed by atoms with van der Waals surface area (Å²) in [5.41, 5.74) is 0.955. The predicted octanol–water partition coefficient (Wildman–Crippen LogP) is 1.90. The van der Waals surface area contributed by atoms with Crippen LogP contribution in [-0.2, 0) is 0 Å². The molecule has 3 unspecified atom stereocenters. The average molecular weight is 286 g/mol. The van der Waals surface area contributed by atoms with Crippen molar-refractivity contribution < 1.29 is 4.92 Å². The van der Waals surface area contributed by atoms with Gasteiger partial charge >= 0.3 is 0 Å². The largest absolute Gasteiger partial charge is 0.368 e. The van der Waals surface area contributed by atoms with E-state index in [1.165, 1.54) is 6.07 Å². The highest BCUT2D eigenvalue weighted by Gasteiger charge is 2.43. The maximum atomic E-state index is 10.9. The summed E-state index contributed by atoms with van der Waals surface area (Å²) >= 11 is 0. The number of nitro benzene ring substituents is 1. The van der Waals surface area contributed by atoms with Crippen molar-refractivity contribution in [2.75, 3.05) is 24.5 Å². The summed E-state index contributed by atoms with van der Waals surface area (Å²) in [7, 11) is 0. The molecular weight excluding hydrogens is 268 g/mol. The third-order valence-electron chi connectivity index (χ3n) is 4.77. The molecule has 110 valence electrons. The van der Waals surface area contributed by atoms with Crippen LogP contribution in [0.25, 0.3) is 0 Å². The Hall–Kier alpha value is -2.13. The number of nitriles is 1. The number of nitrogens with one attached hydrogen (secondary N) is 1. The molecule has 1 aromatic carbocycles. The van der Waals surface area contributed by atoms with Crippen LogP contribution in [0.1, 0.15) is 18.9 Å². The molecule has 3 rings (SSSR count). The number of fused-ring (bicyclic) bond motifs is 1. The fourth-order valence-corrected chi connectivity index (χ4v) is 3.79. The molecule has 0 saturated carbocycles. The lowest BCUT2D eigenvalue weighted by Gasteiger charge is -2.29. The minimum absolute atomic E-state index is 0.115. The van der Waals surface area contributed by atoms with Crippen molar-refractivity contribution in [2.24, 2.45) is 11.8 Å². The fraction of sp³-hybridized carbons (Fsp3) is 0.533. The van der Waals surface area contributed by atoms with Gasteiger partial charge in [-0.2, -0.15) is 5.26 Å². The number of hydrogen-bond acceptors (Lipinski definition) is 5. The first kappa shape index (κ1) is 13.8. The molecule has 2 heterocycles. The lowest BCUT2D eigenvalue weighted by Crippen LogP contribution is -2.35. The topological polar surface area (TPSA) is 82.2 Å². The van der Waals surface area contributed by atoms with E-state index in [2.05, 4.69) is 17.1 Å². The average Bonchev–Trinajstić information content (AvgIpc) is 3.06. The molecule has 0 spiro atoms. The number of anilines is 1. The number of nitrogens with zero attached hydrogens (tertiary/aromatic N) is 3. The van der Waals surface area contributed by atoms with Gasteiger partial charge < -0.3 is 10.2 Å². The van der Waals surface area contributed by atoms with Crippen LogP contribution >= 0.6 is 0 Å². The Morgan fingerprint density at radius 2 is 2.33 bits per heavy atom. The summed E-state index contributed by atoms with van der Waals surface area (Å²) in [5, 5.41) is 23.5. The van der Waals surface area contributed by atoms with Gasteiger partial charge in [0.05, 0.1) is 4.92 Å². The van der Waals surface area contributed by atoms with Crippen molar-refractivity contribution in [2.45, 2.75) is 19.4 Å². The van der Waals surface area contributed by atoms with E-state index in [4.69, 9.17) is 5.26 Å². The quantitative estimate of drug-likeness (QED) is 0.678. The van der Waals surface area contributed by atoms with Gasteiger partial charge in [-0.15, -0.1) is 0 Å². The van der Waals surface area contributed by atoms with Crippen LogP contribution in [0.4, 0.5) is 11.4 Å². The molecule has 0 aromatic heterocycles. The number of hydrogen-bond donors (Lipinski definition) is 1. The van der Waals surface area contributed by atoms with Crippen molar-refractivity contribution in [1.82, 2.24) is 5.32 Å². The Morgan fingerprint density at radius 1 is 1.52 bits per heavy atom. The maximum Gasteiger partial charge on any atom is 0.287 e. The minimum atomic E-state index is -0.498. The lowest BCUT2D eigenvalue weighted by atomic mass is 9.93. The molecule has 1 N–H and O–H groups in total. The van der Waals surface area contributed by atoms with Gasteiger partial charge in [-0.1, -0.05) is 6.92 Å². The van der Waals surface area contributed by atoms with Gasteiger partial charge in [-0.25, -0.2) is 0 Å². The predicted molar refractivity (Wildman–Crippen MR) is 79.1 cm³/mol. The molecule has 6 heteroatoms. The summed E-state index contributed by atoms with van der Waals surface area (Å²) in [6, 6.07) is 7.27. The summed E-state index contributed by atoms with van der Waals surface area (Å²) in [6.45, 7) is 5.21. The molecule has 3 atom stereocenters. The van der Waals surface area contributed by atoms with E-state index in [0.29, 0.717) is 17.9 Å². The molecule has 0 amide bonds. The first-order chi connectivity index (χ1) is 10.2. The van der Waals surface area contributed by atoms with E-state index >= 15 is 0 Å². The second-order valence-corrected chi connectivity index (χ2v) is 5.78. The molecule has 2 aliphatic rings. The van der Waals surface area contributed by atoms with Gasteiger partial charge in [0.2, 0.25) is 0 Å². The Morgan fingerprint density at radius 3 is 3.00 bits per heavy atom. The van der Waals surface area contributed by atoms with E-state index in [9.17, 15) is 10.1 Å². The molecule has 21 heavy (non-hydrogen) atoms. The molecule has 2 saturated heterocycles. The highest BCUT2D eigenvalue weighted by Crippen LogP contribution is 2.38. The summed E-state index contributed by atoms with van der Waals surface area (Å²) < 4.78 is 0.